The van der Waals surface area contributed by atoms with Crippen LogP contribution in [-0.4, -0.2) is 33.2 Å². The summed E-state index contributed by atoms with van der Waals surface area (Å²) < 4.78 is 27.9. The number of benzene rings is 3. The molecule has 0 heterocycles. The maximum atomic E-state index is 13.4. The monoisotopic (exact) mass is 536 g/mol. The third kappa shape index (κ3) is 7.15. The number of anilines is 1. The van der Waals surface area contributed by atoms with Crippen molar-refractivity contribution in [1.29, 1.82) is 0 Å². The number of amides is 1. The Morgan fingerprint density at radius 1 is 0.941 bits per heavy atom. The Bertz CT molecular complexity index is 1250. The molecule has 0 aliphatic rings. The fourth-order valence-corrected chi connectivity index (χ4v) is 5.74. The number of hydrogen-bond donors (Lipinski definition) is 1. The van der Waals surface area contributed by atoms with Gasteiger partial charge in [-0.05, 0) is 49.7 Å². The quantitative estimate of drug-likeness (QED) is 0.329. The van der Waals surface area contributed by atoms with Crippen molar-refractivity contribution < 1.29 is 13.2 Å². The Morgan fingerprint density at radius 2 is 1.68 bits per heavy atom. The van der Waals surface area contributed by atoms with Gasteiger partial charge in [-0.2, -0.15) is 11.8 Å². The van der Waals surface area contributed by atoms with Crippen LogP contribution in [0.4, 0.5) is 5.69 Å². The fourth-order valence-electron chi connectivity index (χ4n) is 3.23. The lowest BCUT2D eigenvalue weighted by molar-refractivity contribution is -0.119. The third-order valence-corrected chi connectivity index (χ3v) is 8.56. The lowest BCUT2D eigenvalue weighted by Gasteiger charge is -2.24. The summed E-state index contributed by atoms with van der Waals surface area (Å²) in [6, 6.07) is 19.3. The van der Waals surface area contributed by atoms with E-state index in [1.807, 2.05) is 13.0 Å². The summed E-state index contributed by atoms with van der Waals surface area (Å²) in [5, 5.41) is 3.32. The average molecular weight is 538 g/mol. The van der Waals surface area contributed by atoms with Gasteiger partial charge in [0.2, 0.25) is 5.91 Å². The molecule has 3 rings (SSSR count). The molecule has 0 aliphatic heterocycles. The van der Waals surface area contributed by atoms with Crippen LogP contribution >= 0.6 is 35.0 Å². The summed E-state index contributed by atoms with van der Waals surface area (Å²) in [6.07, 6.45) is 0. The summed E-state index contributed by atoms with van der Waals surface area (Å²) in [5.74, 6) is 1.14. The highest BCUT2D eigenvalue weighted by Gasteiger charge is 2.27. The predicted octanol–water partition coefficient (Wildman–Crippen LogP) is 5.86. The predicted molar refractivity (Wildman–Crippen MR) is 143 cm³/mol. The van der Waals surface area contributed by atoms with Crippen LogP contribution in [0, 0.1) is 13.8 Å². The van der Waals surface area contributed by atoms with Crippen molar-refractivity contribution in [2.75, 3.05) is 23.1 Å². The smallest absolute Gasteiger partial charge is 0.264 e. The second-order valence-electron chi connectivity index (χ2n) is 7.81. The number of hydrogen-bond acceptors (Lipinski definition) is 4. The minimum atomic E-state index is -4.01. The van der Waals surface area contributed by atoms with E-state index in [4.69, 9.17) is 23.2 Å². The zero-order valence-electron chi connectivity index (χ0n) is 18.9. The van der Waals surface area contributed by atoms with E-state index in [9.17, 15) is 13.2 Å². The van der Waals surface area contributed by atoms with E-state index in [0.29, 0.717) is 17.3 Å². The SMILES string of the molecule is Cc1ccc(S(=O)(=O)N(CC(=O)NCCSCc2cccc(C)c2)c2ccc(Cl)c(Cl)c2)cc1. The van der Waals surface area contributed by atoms with Crippen LogP contribution in [0.25, 0.3) is 0 Å². The van der Waals surface area contributed by atoms with Gasteiger partial charge in [-0.25, -0.2) is 8.42 Å². The molecule has 0 saturated heterocycles. The van der Waals surface area contributed by atoms with E-state index >= 15 is 0 Å². The second-order valence-corrected chi connectivity index (χ2v) is 11.6. The molecular formula is C25H26Cl2N2O3S2. The number of aryl methyl sites for hydroxylation is 2. The van der Waals surface area contributed by atoms with Crippen LogP contribution in [0.3, 0.4) is 0 Å². The molecule has 0 atom stereocenters. The molecule has 3 aromatic carbocycles. The molecule has 5 nitrogen and oxygen atoms in total. The Hall–Kier alpha value is -2.19. The van der Waals surface area contributed by atoms with Crippen LogP contribution in [0.2, 0.25) is 10.0 Å². The van der Waals surface area contributed by atoms with Crippen LogP contribution in [-0.2, 0) is 20.6 Å². The zero-order valence-corrected chi connectivity index (χ0v) is 22.1. The van der Waals surface area contributed by atoms with Gasteiger partial charge in [0, 0.05) is 18.1 Å². The molecule has 0 aromatic heterocycles. The topological polar surface area (TPSA) is 66.5 Å². The minimum Gasteiger partial charge on any atom is -0.354 e. The lowest BCUT2D eigenvalue weighted by Crippen LogP contribution is -2.41. The molecule has 180 valence electrons. The fraction of sp³-hybridized carbons (Fsp3) is 0.240. The lowest BCUT2D eigenvalue weighted by atomic mass is 10.2. The molecule has 0 saturated carbocycles. The average Bonchev–Trinajstić information content (AvgIpc) is 2.79. The molecule has 0 bridgehead atoms. The van der Waals surface area contributed by atoms with Gasteiger partial charge in [0.15, 0.2) is 0 Å². The van der Waals surface area contributed by atoms with Gasteiger partial charge in [0.25, 0.3) is 10.0 Å². The first-order valence-electron chi connectivity index (χ1n) is 10.6. The minimum absolute atomic E-state index is 0.0886. The Balaban J connectivity index is 1.67. The van der Waals surface area contributed by atoms with Gasteiger partial charge in [0.1, 0.15) is 6.54 Å². The largest absolute Gasteiger partial charge is 0.354 e. The van der Waals surface area contributed by atoms with E-state index in [2.05, 4.69) is 30.4 Å². The maximum absolute atomic E-state index is 13.4. The van der Waals surface area contributed by atoms with E-state index in [-0.39, 0.29) is 22.2 Å². The Labute approximate surface area is 215 Å². The Kier molecular flexibility index (Phi) is 9.31. The number of nitrogens with one attached hydrogen (secondary N) is 1. The van der Waals surface area contributed by atoms with Crippen LogP contribution in [0.5, 0.6) is 0 Å². The number of rotatable bonds is 10. The molecule has 34 heavy (non-hydrogen) atoms. The molecule has 9 heteroatoms. The maximum Gasteiger partial charge on any atom is 0.264 e. The number of thioether (sulfide) groups is 1. The van der Waals surface area contributed by atoms with E-state index in [1.165, 1.54) is 41.5 Å². The standard InChI is InChI=1S/C25H26Cl2N2O3S2/c1-18-6-9-22(10-7-18)34(31,32)29(21-8-11-23(26)24(27)15-21)16-25(30)28-12-13-33-17-20-5-3-4-19(2)14-20/h3-11,14-15H,12-13,16-17H2,1-2H3,(H,28,30). The zero-order chi connectivity index (χ0) is 24.7. The van der Waals surface area contributed by atoms with Gasteiger partial charge in [0.05, 0.1) is 20.6 Å². The van der Waals surface area contributed by atoms with Gasteiger partial charge in [-0.15, -0.1) is 0 Å². The molecule has 0 unspecified atom stereocenters. The van der Waals surface area contributed by atoms with Crippen LogP contribution in [0.15, 0.2) is 71.6 Å². The summed E-state index contributed by atoms with van der Waals surface area (Å²) in [6.45, 7) is 3.97. The first kappa shape index (κ1) is 26.4. The second kappa shape index (κ2) is 12.0. The van der Waals surface area contributed by atoms with Crippen molar-refractivity contribution in [2.45, 2.75) is 24.5 Å². The van der Waals surface area contributed by atoms with Crippen molar-refractivity contribution >= 4 is 56.6 Å². The first-order chi connectivity index (χ1) is 16.2. The summed E-state index contributed by atoms with van der Waals surface area (Å²) >= 11 is 13.8. The molecule has 0 radical (unpaired) electrons. The van der Waals surface area contributed by atoms with Gasteiger partial charge >= 0.3 is 0 Å². The van der Waals surface area contributed by atoms with E-state index in [0.717, 1.165) is 15.6 Å². The highest BCUT2D eigenvalue weighted by molar-refractivity contribution is 7.98. The van der Waals surface area contributed by atoms with Crippen molar-refractivity contribution in [1.82, 2.24) is 5.32 Å². The van der Waals surface area contributed by atoms with Crippen LogP contribution < -0.4 is 9.62 Å². The summed E-state index contributed by atoms with van der Waals surface area (Å²) in [5.41, 5.74) is 3.63. The molecule has 1 N–H and O–H groups in total. The molecule has 0 aliphatic carbocycles. The number of halogens is 2. The number of carbonyl (C=O) groups is 1. The highest BCUT2D eigenvalue weighted by Crippen LogP contribution is 2.30. The molecular weight excluding hydrogens is 511 g/mol. The number of carbonyl (C=O) groups excluding carboxylic acids is 1. The van der Waals surface area contributed by atoms with E-state index < -0.39 is 15.9 Å². The van der Waals surface area contributed by atoms with Gasteiger partial charge in [-0.3, -0.25) is 9.10 Å². The molecule has 3 aromatic rings. The highest BCUT2D eigenvalue weighted by atomic mass is 35.5. The van der Waals surface area contributed by atoms with Crippen molar-refractivity contribution in [3.8, 4) is 0 Å². The summed E-state index contributed by atoms with van der Waals surface area (Å²) in [7, 11) is -4.01. The Morgan fingerprint density at radius 3 is 2.35 bits per heavy atom. The van der Waals surface area contributed by atoms with Crippen molar-refractivity contribution in [2.24, 2.45) is 0 Å². The van der Waals surface area contributed by atoms with Crippen molar-refractivity contribution in [3.05, 3.63) is 93.5 Å². The van der Waals surface area contributed by atoms with Crippen LogP contribution in [0.1, 0.15) is 16.7 Å². The number of nitrogens with zero attached hydrogens (tertiary/aromatic N) is 1. The first-order valence-corrected chi connectivity index (χ1v) is 14.0. The third-order valence-electron chi connectivity index (χ3n) is 5.01. The van der Waals surface area contributed by atoms with Crippen molar-refractivity contribution in [3.63, 3.8) is 0 Å². The molecule has 0 fully saturated rings. The molecule has 0 spiro atoms. The summed E-state index contributed by atoms with van der Waals surface area (Å²) in [4.78, 5) is 12.8. The van der Waals surface area contributed by atoms with Gasteiger partial charge < -0.3 is 5.32 Å². The number of sulfonamides is 1. The van der Waals surface area contributed by atoms with Gasteiger partial charge in [-0.1, -0.05) is 70.7 Å². The normalized spacial score (nSPS) is 11.3. The van der Waals surface area contributed by atoms with E-state index in [1.54, 1.807) is 23.9 Å². The molecule has 1 amide bonds.